The predicted octanol–water partition coefficient (Wildman–Crippen LogP) is 3.89. The predicted molar refractivity (Wildman–Crippen MR) is 103 cm³/mol. The number of carbonyl (C=O) groups excluding carboxylic acids is 1. The quantitative estimate of drug-likeness (QED) is 0.483. The maximum absolute atomic E-state index is 12.1. The number of carbonyl (C=O) groups is 1. The lowest BCUT2D eigenvalue weighted by molar-refractivity contribution is -0.113. The summed E-state index contributed by atoms with van der Waals surface area (Å²) in [5.41, 5.74) is 2.64. The van der Waals surface area contributed by atoms with Gasteiger partial charge in [-0.15, -0.1) is 11.8 Å². The van der Waals surface area contributed by atoms with E-state index >= 15 is 0 Å². The number of hydrogen-bond acceptors (Lipinski definition) is 6. The van der Waals surface area contributed by atoms with Crippen LogP contribution in [-0.4, -0.2) is 37.3 Å². The molecule has 0 bridgehead atoms. The molecule has 0 fully saturated rings. The van der Waals surface area contributed by atoms with Gasteiger partial charge in [-0.3, -0.25) is 10.1 Å². The number of rotatable bonds is 7. The highest BCUT2D eigenvalue weighted by molar-refractivity contribution is 7.99. The number of nitrogens with zero attached hydrogens (tertiary/aromatic N) is 3. The number of benzene rings is 1. The second-order valence-corrected chi connectivity index (χ2v) is 7.54. The van der Waals surface area contributed by atoms with E-state index < -0.39 is 0 Å². The standard InChI is InChI=1S/C17H19N5OS2/c1-3-8-24-12-4-5-13-14(9-12)21-16(20-13)22-15(23)10-25-17-18-7-6-11(2)19-17/h4-7,9H,3,8,10H2,1-2H3,(H2,20,21,22,23). The van der Waals surface area contributed by atoms with Crippen molar-refractivity contribution in [3.05, 3.63) is 36.2 Å². The molecule has 1 amide bonds. The number of H-pyrrole nitrogens is 1. The van der Waals surface area contributed by atoms with Crippen LogP contribution in [0.25, 0.3) is 11.0 Å². The van der Waals surface area contributed by atoms with Gasteiger partial charge in [0.05, 0.1) is 16.8 Å². The number of imidazole rings is 1. The van der Waals surface area contributed by atoms with Gasteiger partial charge < -0.3 is 4.98 Å². The van der Waals surface area contributed by atoms with Crippen LogP contribution in [0.4, 0.5) is 5.95 Å². The highest BCUT2D eigenvalue weighted by atomic mass is 32.2. The van der Waals surface area contributed by atoms with Crippen LogP contribution in [0.1, 0.15) is 19.0 Å². The summed E-state index contributed by atoms with van der Waals surface area (Å²) in [4.78, 5) is 29.3. The van der Waals surface area contributed by atoms with E-state index in [1.54, 1.807) is 6.20 Å². The first-order valence-corrected chi connectivity index (χ1v) is 9.96. The van der Waals surface area contributed by atoms with Crippen molar-refractivity contribution in [3.8, 4) is 0 Å². The lowest BCUT2D eigenvalue weighted by Gasteiger charge is -2.01. The van der Waals surface area contributed by atoms with E-state index in [9.17, 15) is 4.79 Å². The van der Waals surface area contributed by atoms with Crippen molar-refractivity contribution in [2.45, 2.75) is 30.3 Å². The van der Waals surface area contributed by atoms with Gasteiger partial charge >= 0.3 is 0 Å². The van der Waals surface area contributed by atoms with E-state index in [0.29, 0.717) is 11.1 Å². The van der Waals surface area contributed by atoms with E-state index in [4.69, 9.17) is 0 Å². The Kier molecular flexibility index (Phi) is 5.93. The smallest absolute Gasteiger partial charge is 0.237 e. The van der Waals surface area contributed by atoms with Crippen LogP contribution in [0.15, 0.2) is 40.5 Å². The number of aromatic nitrogens is 4. The molecular formula is C17H19N5OS2. The van der Waals surface area contributed by atoms with Crippen LogP contribution < -0.4 is 5.32 Å². The monoisotopic (exact) mass is 373 g/mol. The Balaban J connectivity index is 1.60. The Labute approximate surface area is 154 Å². The second kappa shape index (κ2) is 8.35. The fraction of sp³-hybridized carbons (Fsp3) is 0.294. The number of nitrogens with one attached hydrogen (secondary N) is 2. The first-order valence-electron chi connectivity index (χ1n) is 7.99. The molecule has 0 aliphatic carbocycles. The molecule has 25 heavy (non-hydrogen) atoms. The summed E-state index contributed by atoms with van der Waals surface area (Å²) in [5, 5.41) is 3.38. The maximum atomic E-state index is 12.1. The molecule has 3 rings (SSSR count). The molecule has 1 aromatic carbocycles. The van der Waals surface area contributed by atoms with Crippen LogP contribution in [0.2, 0.25) is 0 Å². The third kappa shape index (κ3) is 4.96. The van der Waals surface area contributed by atoms with Crippen molar-refractivity contribution < 1.29 is 4.79 Å². The average Bonchev–Trinajstić information content (AvgIpc) is 2.99. The van der Waals surface area contributed by atoms with Gasteiger partial charge in [0.1, 0.15) is 0 Å². The lowest BCUT2D eigenvalue weighted by atomic mass is 10.3. The molecule has 2 heterocycles. The summed E-state index contributed by atoms with van der Waals surface area (Å²) < 4.78 is 0. The van der Waals surface area contributed by atoms with E-state index in [1.165, 1.54) is 16.7 Å². The Morgan fingerprint density at radius 2 is 2.12 bits per heavy atom. The average molecular weight is 374 g/mol. The van der Waals surface area contributed by atoms with Crippen molar-refractivity contribution in [2.24, 2.45) is 0 Å². The minimum absolute atomic E-state index is 0.144. The third-order valence-corrected chi connectivity index (χ3v) is 5.35. The molecule has 0 atom stereocenters. The lowest BCUT2D eigenvalue weighted by Crippen LogP contribution is -2.15. The molecule has 2 aromatic heterocycles. The number of aryl methyl sites for hydroxylation is 1. The minimum atomic E-state index is -0.144. The summed E-state index contributed by atoms with van der Waals surface area (Å²) >= 11 is 3.11. The normalized spacial score (nSPS) is 11.0. The van der Waals surface area contributed by atoms with Gasteiger partial charge in [0.15, 0.2) is 5.16 Å². The third-order valence-electron chi connectivity index (χ3n) is 3.29. The van der Waals surface area contributed by atoms with Crippen LogP contribution in [-0.2, 0) is 4.79 Å². The number of hydrogen-bond donors (Lipinski definition) is 2. The summed E-state index contributed by atoms with van der Waals surface area (Å²) in [6.07, 6.45) is 2.82. The van der Waals surface area contributed by atoms with Gasteiger partial charge in [-0.25, -0.2) is 15.0 Å². The Morgan fingerprint density at radius 3 is 2.92 bits per heavy atom. The van der Waals surface area contributed by atoms with Crippen LogP contribution >= 0.6 is 23.5 Å². The molecule has 130 valence electrons. The minimum Gasteiger partial charge on any atom is -0.324 e. The van der Waals surface area contributed by atoms with Crippen LogP contribution in [0.3, 0.4) is 0 Å². The van der Waals surface area contributed by atoms with Crippen molar-refractivity contribution in [2.75, 3.05) is 16.8 Å². The van der Waals surface area contributed by atoms with Gasteiger partial charge in [0, 0.05) is 16.8 Å². The first-order chi connectivity index (χ1) is 12.1. The van der Waals surface area contributed by atoms with Crippen LogP contribution in [0, 0.1) is 6.92 Å². The molecule has 0 aliphatic rings. The molecule has 0 saturated carbocycles. The van der Waals surface area contributed by atoms with Crippen molar-refractivity contribution in [1.82, 2.24) is 19.9 Å². The van der Waals surface area contributed by atoms with Gasteiger partial charge in [-0.2, -0.15) is 0 Å². The number of amides is 1. The van der Waals surface area contributed by atoms with E-state index in [1.807, 2.05) is 30.8 Å². The molecule has 0 aliphatic heterocycles. The molecule has 0 saturated heterocycles. The highest BCUT2D eigenvalue weighted by Crippen LogP contribution is 2.24. The second-order valence-electron chi connectivity index (χ2n) is 5.43. The largest absolute Gasteiger partial charge is 0.324 e. The Morgan fingerprint density at radius 1 is 1.24 bits per heavy atom. The van der Waals surface area contributed by atoms with Crippen molar-refractivity contribution in [1.29, 1.82) is 0 Å². The van der Waals surface area contributed by atoms with Gasteiger partial charge in [0.2, 0.25) is 11.9 Å². The molecular weight excluding hydrogens is 354 g/mol. The molecule has 0 unspecified atom stereocenters. The summed E-state index contributed by atoms with van der Waals surface area (Å²) in [7, 11) is 0. The first kappa shape index (κ1) is 17.8. The zero-order valence-electron chi connectivity index (χ0n) is 14.1. The zero-order chi connectivity index (χ0) is 17.6. The zero-order valence-corrected chi connectivity index (χ0v) is 15.7. The van der Waals surface area contributed by atoms with E-state index in [0.717, 1.165) is 28.9 Å². The SMILES string of the molecule is CCCSc1ccc2nc(NC(=O)CSc3nccc(C)n3)[nH]c2c1. The maximum Gasteiger partial charge on any atom is 0.237 e. The molecule has 0 radical (unpaired) electrons. The highest BCUT2D eigenvalue weighted by Gasteiger charge is 2.09. The van der Waals surface area contributed by atoms with Crippen molar-refractivity contribution in [3.63, 3.8) is 0 Å². The van der Waals surface area contributed by atoms with Gasteiger partial charge in [-0.1, -0.05) is 18.7 Å². The summed E-state index contributed by atoms with van der Waals surface area (Å²) in [6.45, 7) is 4.06. The molecule has 0 spiro atoms. The molecule has 6 nitrogen and oxygen atoms in total. The number of aromatic amines is 1. The van der Waals surface area contributed by atoms with Crippen LogP contribution in [0.5, 0.6) is 0 Å². The fourth-order valence-electron chi connectivity index (χ4n) is 2.15. The Hall–Kier alpha value is -2.06. The number of anilines is 1. The summed E-state index contributed by atoms with van der Waals surface area (Å²) in [5.74, 6) is 1.64. The number of thioether (sulfide) groups is 2. The van der Waals surface area contributed by atoms with E-state index in [2.05, 4.69) is 44.3 Å². The summed E-state index contributed by atoms with van der Waals surface area (Å²) in [6, 6.07) is 7.91. The van der Waals surface area contributed by atoms with Gasteiger partial charge in [-0.05, 0) is 43.4 Å². The van der Waals surface area contributed by atoms with E-state index in [-0.39, 0.29) is 11.7 Å². The topological polar surface area (TPSA) is 83.6 Å². The molecule has 2 N–H and O–H groups in total. The Bertz CT molecular complexity index is 880. The molecule has 8 heteroatoms. The molecule has 3 aromatic rings. The number of fused-ring (bicyclic) bond motifs is 1. The fourth-order valence-corrected chi connectivity index (χ4v) is 3.63. The van der Waals surface area contributed by atoms with Gasteiger partial charge in [0.25, 0.3) is 0 Å². The van der Waals surface area contributed by atoms with Crippen molar-refractivity contribution >= 4 is 46.4 Å².